The lowest BCUT2D eigenvalue weighted by Crippen LogP contribution is -2.29. The van der Waals surface area contributed by atoms with Gasteiger partial charge < -0.3 is 14.6 Å². The fourth-order valence-corrected chi connectivity index (χ4v) is 4.09. The van der Waals surface area contributed by atoms with E-state index in [9.17, 15) is 4.79 Å². The summed E-state index contributed by atoms with van der Waals surface area (Å²) in [6.07, 6.45) is 0. The van der Waals surface area contributed by atoms with E-state index in [1.54, 1.807) is 4.57 Å². The number of nitrogens with zero attached hydrogens (tertiary/aromatic N) is 3. The molecule has 2 aromatic carbocycles. The Morgan fingerprint density at radius 3 is 2.56 bits per heavy atom. The summed E-state index contributed by atoms with van der Waals surface area (Å²) < 4.78 is 9.47. The van der Waals surface area contributed by atoms with Crippen LogP contribution in [0.4, 0.5) is 0 Å². The van der Waals surface area contributed by atoms with Crippen molar-refractivity contribution in [1.29, 1.82) is 0 Å². The summed E-state index contributed by atoms with van der Waals surface area (Å²) in [6, 6.07) is 17.2. The molecular formula is C25H27ClN4O2. The van der Waals surface area contributed by atoms with E-state index < -0.39 is 0 Å². The molecule has 7 heteroatoms. The van der Waals surface area contributed by atoms with E-state index in [1.807, 2.05) is 73.3 Å². The van der Waals surface area contributed by atoms with Crippen LogP contribution in [-0.2, 0) is 26.7 Å². The molecule has 6 nitrogen and oxygen atoms in total. The summed E-state index contributed by atoms with van der Waals surface area (Å²) in [7, 11) is 1.94. The van der Waals surface area contributed by atoms with Crippen LogP contribution >= 0.6 is 11.6 Å². The molecule has 166 valence electrons. The van der Waals surface area contributed by atoms with Gasteiger partial charge in [-0.15, -0.1) is 0 Å². The van der Waals surface area contributed by atoms with Gasteiger partial charge in [-0.05, 0) is 49.6 Å². The number of rotatable bonds is 8. The Kier molecular flexibility index (Phi) is 6.63. The molecule has 0 spiro atoms. The summed E-state index contributed by atoms with van der Waals surface area (Å²) >= 11 is 6.23. The molecule has 0 bridgehead atoms. The van der Waals surface area contributed by atoms with Crippen molar-refractivity contribution < 1.29 is 4.74 Å². The molecule has 0 aliphatic rings. The third kappa shape index (κ3) is 4.71. The number of para-hydroxylation sites is 1. The number of hydrogen-bond donors (Lipinski definition) is 1. The molecule has 0 saturated carbocycles. The molecule has 4 rings (SSSR count). The predicted molar refractivity (Wildman–Crippen MR) is 128 cm³/mol. The van der Waals surface area contributed by atoms with Crippen LogP contribution in [0.3, 0.4) is 0 Å². The normalized spacial score (nSPS) is 11.2. The monoisotopic (exact) mass is 450 g/mol. The molecule has 1 N–H and O–H groups in total. The number of benzene rings is 2. The number of hydrogen-bond acceptors (Lipinski definition) is 4. The molecule has 0 aliphatic carbocycles. The lowest BCUT2D eigenvalue weighted by Gasteiger charge is -2.15. The first kappa shape index (κ1) is 22.1. The summed E-state index contributed by atoms with van der Waals surface area (Å²) in [4.78, 5) is 13.3. The van der Waals surface area contributed by atoms with E-state index in [0.717, 1.165) is 33.6 Å². The molecule has 4 aromatic rings. The van der Waals surface area contributed by atoms with Crippen LogP contribution in [0, 0.1) is 13.8 Å². The number of nitrogens with one attached hydrogen (secondary N) is 1. The van der Waals surface area contributed by atoms with Crippen molar-refractivity contribution in [1.82, 2.24) is 19.7 Å². The smallest absolute Gasteiger partial charge is 0.255 e. The maximum Gasteiger partial charge on any atom is 0.255 e. The number of pyridine rings is 1. The van der Waals surface area contributed by atoms with Crippen molar-refractivity contribution in [3.63, 3.8) is 0 Å². The second-order valence-electron chi connectivity index (χ2n) is 7.87. The molecule has 32 heavy (non-hydrogen) atoms. The minimum atomic E-state index is -0.0384. The maximum atomic E-state index is 13.3. The minimum Gasteiger partial charge on any atom is -0.492 e. The van der Waals surface area contributed by atoms with Gasteiger partial charge in [0.2, 0.25) is 0 Å². The number of halogens is 1. The molecule has 0 saturated heterocycles. The second kappa shape index (κ2) is 9.59. The van der Waals surface area contributed by atoms with Crippen LogP contribution in [0.25, 0.3) is 10.9 Å². The highest BCUT2D eigenvalue weighted by Gasteiger charge is 2.12. The van der Waals surface area contributed by atoms with Crippen LogP contribution in [0.1, 0.15) is 22.5 Å². The van der Waals surface area contributed by atoms with Crippen LogP contribution < -0.4 is 15.6 Å². The third-order valence-electron chi connectivity index (χ3n) is 5.74. The third-order valence-corrected chi connectivity index (χ3v) is 5.97. The molecule has 2 aromatic heterocycles. The molecular weight excluding hydrogens is 424 g/mol. The average Bonchev–Trinajstić information content (AvgIpc) is 3.02. The van der Waals surface area contributed by atoms with Gasteiger partial charge in [0.05, 0.1) is 17.8 Å². The van der Waals surface area contributed by atoms with E-state index in [-0.39, 0.29) is 5.56 Å². The zero-order valence-electron chi connectivity index (χ0n) is 18.6. The van der Waals surface area contributed by atoms with Crippen molar-refractivity contribution in [2.75, 3.05) is 6.61 Å². The predicted octanol–water partition coefficient (Wildman–Crippen LogP) is 4.37. The number of ether oxygens (including phenoxy) is 1. The van der Waals surface area contributed by atoms with Gasteiger partial charge >= 0.3 is 0 Å². The Hall–Kier alpha value is -3.09. The minimum absolute atomic E-state index is 0.0384. The van der Waals surface area contributed by atoms with Gasteiger partial charge in [0.1, 0.15) is 12.4 Å². The molecule has 0 amide bonds. The zero-order valence-corrected chi connectivity index (χ0v) is 19.3. The molecule has 0 unspecified atom stereocenters. The summed E-state index contributed by atoms with van der Waals surface area (Å²) in [5.41, 5.74) is 4.76. The van der Waals surface area contributed by atoms with Gasteiger partial charge in [-0.25, -0.2) is 0 Å². The topological polar surface area (TPSA) is 61.1 Å². The van der Waals surface area contributed by atoms with Gasteiger partial charge in [-0.2, -0.15) is 5.10 Å². The second-order valence-corrected chi connectivity index (χ2v) is 8.30. The quantitative estimate of drug-likeness (QED) is 0.433. The van der Waals surface area contributed by atoms with E-state index in [4.69, 9.17) is 16.3 Å². The van der Waals surface area contributed by atoms with E-state index in [0.29, 0.717) is 36.8 Å². The van der Waals surface area contributed by atoms with Crippen LogP contribution in [-0.4, -0.2) is 21.0 Å². The SMILES string of the molecule is Cc1nn(C)c(C)c1CNCc1cc2ccc(Cl)cc2n(CCOc2ccccc2)c1=O. The van der Waals surface area contributed by atoms with Gasteiger partial charge in [-0.3, -0.25) is 9.48 Å². The molecule has 0 aliphatic heterocycles. The Bertz CT molecular complexity index is 1300. The number of fused-ring (bicyclic) bond motifs is 1. The Morgan fingerprint density at radius 1 is 1.06 bits per heavy atom. The number of aryl methyl sites for hydroxylation is 2. The maximum absolute atomic E-state index is 13.3. The Balaban J connectivity index is 1.56. The van der Waals surface area contributed by atoms with Crippen molar-refractivity contribution in [2.24, 2.45) is 7.05 Å². The van der Waals surface area contributed by atoms with Gasteiger partial charge in [0.25, 0.3) is 5.56 Å². The fraction of sp³-hybridized carbons (Fsp3) is 0.280. The van der Waals surface area contributed by atoms with Crippen molar-refractivity contribution >= 4 is 22.5 Å². The highest BCUT2D eigenvalue weighted by atomic mass is 35.5. The van der Waals surface area contributed by atoms with Crippen LogP contribution in [0.15, 0.2) is 59.4 Å². The summed E-state index contributed by atoms with van der Waals surface area (Å²) in [5.74, 6) is 0.780. The lowest BCUT2D eigenvalue weighted by molar-refractivity contribution is 0.298. The molecule has 0 atom stereocenters. The van der Waals surface area contributed by atoms with Crippen LogP contribution in [0.5, 0.6) is 5.75 Å². The first-order valence-corrected chi connectivity index (χ1v) is 11.0. The van der Waals surface area contributed by atoms with E-state index >= 15 is 0 Å². The Labute approximate surface area is 192 Å². The average molecular weight is 451 g/mol. The summed E-state index contributed by atoms with van der Waals surface area (Å²) in [6.45, 7) is 5.99. The largest absolute Gasteiger partial charge is 0.492 e. The molecule has 2 heterocycles. The summed E-state index contributed by atoms with van der Waals surface area (Å²) in [5, 5.41) is 9.45. The van der Waals surface area contributed by atoms with Crippen LogP contribution in [0.2, 0.25) is 5.02 Å². The van der Waals surface area contributed by atoms with Crippen molar-refractivity contribution in [2.45, 2.75) is 33.5 Å². The molecule has 0 radical (unpaired) electrons. The fourth-order valence-electron chi connectivity index (χ4n) is 3.92. The van der Waals surface area contributed by atoms with Crippen molar-refractivity contribution in [3.8, 4) is 5.75 Å². The standard InChI is InChI=1S/C25H27ClN4O2/c1-17-23(18(2)29(3)28-17)16-27-15-20-13-19-9-10-21(26)14-24(19)30(25(20)31)11-12-32-22-7-5-4-6-8-22/h4-10,13-14,27H,11-12,15-16H2,1-3H3. The first-order valence-electron chi connectivity index (χ1n) is 10.6. The molecule has 0 fully saturated rings. The highest BCUT2D eigenvalue weighted by Crippen LogP contribution is 2.20. The van der Waals surface area contributed by atoms with E-state index in [2.05, 4.69) is 17.3 Å². The first-order chi connectivity index (χ1) is 15.4. The van der Waals surface area contributed by atoms with E-state index in [1.165, 1.54) is 0 Å². The number of aromatic nitrogens is 3. The van der Waals surface area contributed by atoms with Gasteiger partial charge in [0, 0.05) is 42.0 Å². The zero-order chi connectivity index (χ0) is 22.7. The van der Waals surface area contributed by atoms with Gasteiger partial charge in [-0.1, -0.05) is 35.9 Å². The van der Waals surface area contributed by atoms with Crippen molar-refractivity contribution in [3.05, 3.63) is 92.5 Å². The van der Waals surface area contributed by atoms with Gasteiger partial charge in [0.15, 0.2) is 0 Å². The Morgan fingerprint density at radius 2 is 1.84 bits per heavy atom. The highest BCUT2D eigenvalue weighted by molar-refractivity contribution is 6.31. The lowest BCUT2D eigenvalue weighted by atomic mass is 10.1.